The Morgan fingerprint density at radius 3 is 2.69 bits per heavy atom. The van der Waals surface area contributed by atoms with Gasteiger partial charge in [-0.2, -0.15) is 0 Å². The number of nitrogens with one attached hydrogen (secondary N) is 2. The molecule has 2 aliphatic heterocycles. The summed E-state index contributed by atoms with van der Waals surface area (Å²) in [5.41, 5.74) is 0. The molecule has 3 heteroatoms. The van der Waals surface area contributed by atoms with Crippen molar-refractivity contribution in [1.29, 1.82) is 0 Å². The molecule has 0 radical (unpaired) electrons. The van der Waals surface area contributed by atoms with Crippen LogP contribution >= 0.6 is 0 Å². The molecule has 0 bridgehead atoms. The largest absolute Gasteiger partial charge is 0.316 e. The Bertz CT molecular complexity index is 201. The lowest BCUT2D eigenvalue weighted by molar-refractivity contribution is 0.136. The zero-order chi connectivity index (χ0) is 11.4. The van der Waals surface area contributed by atoms with Crippen LogP contribution < -0.4 is 10.6 Å². The fourth-order valence-corrected chi connectivity index (χ4v) is 3.54. The van der Waals surface area contributed by atoms with Gasteiger partial charge in [-0.05, 0) is 71.2 Å². The molecule has 3 nitrogen and oxygen atoms in total. The van der Waals surface area contributed by atoms with E-state index in [4.69, 9.17) is 0 Å². The van der Waals surface area contributed by atoms with Gasteiger partial charge < -0.3 is 15.5 Å². The van der Waals surface area contributed by atoms with E-state index in [1.165, 1.54) is 51.9 Å². The van der Waals surface area contributed by atoms with Gasteiger partial charge in [0.05, 0.1) is 0 Å². The highest BCUT2D eigenvalue weighted by Gasteiger charge is 2.31. The molecule has 2 N–H and O–H groups in total. The van der Waals surface area contributed by atoms with Gasteiger partial charge in [-0.15, -0.1) is 0 Å². The van der Waals surface area contributed by atoms with Gasteiger partial charge in [0, 0.05) is 12.6 Å². The van der Waals surface area contributed by atoms with Gasteiger partial charge in [-0.1, -0.05) is 0 Å². The number of piperidine rings is 2. The third-order valence-corrected chi connectivity index (χ3v) is 4.34. The number of likely N-dealkylation sites (tertiary alicyclic amines) is 1. The van der Waals surface area contributed by atoms with Crippen molar-refractivity contribution in [3.63, 3.8) is 0 Å². The van der Waals surface area contributed by atoms with Crippen LogP contribution in [0.15, 0.2) is 0 Å². The Labute approximate surface area is 100.0 Å². The molecule has 2 aliphatic rings. The van der Waals surface area contributed by atoms with Gasteiger partial charge in [-0.3, -0.25) is 0 Å². The molecule has 0 spiro atoms. The van der Waals surface area contributed by atoms with E-state index in [1.807, 2.05) is 0 Å². The first-order valence-electron chi connectivity index (χ1n) is 6.88. The van der Waals surface area contributed by atoms with E-state index in [0.717, 1.165) is 17.9 Å². The van der Waals surface area contributed by atoms with E-state index < -0.39 is 0 Å². The summed E-state index contributed by atoms with van der Waals surface area (Å²) in [6, 6.07) is 0.718. The SMILES string of the molecule is CNC(C1CCCNC1)C1CCCN(C)C1. The third-order valence-electron chi connectivity index (χ3n) is 4.34. The molecule has 16 heavy (non-hydrogen) atoms. The number of rotatable bonds is 3. The molecule has 0 amide bonds. The van der Waals surface area contributed by atoms with Gasteiger partial charge in [0.1, 0.15) is 0 Å². The van der Waals surface area contributed by atoms with Crippen LogP contribution in [-0.4, -0.2) is 51.2 Å². The summed E-state index contributed by atoms with van der Waals surface area (Å²) in [6.45, 7) is 5.00. The molecule has 0 aliphatic carbocycles. The van der Waals surface area contributed by atoms with Crippen molar-refractivity contribution < 1.29 is 0 Å². The lowest BCUT2D eigenvalue weighted by atomic mass is 9.80. The molecule has 2 saturated heterocycles. The Kier molecular flexibility index (Phi) is 4.62. The summed E-state index contributed by atoms with van der Waals surface area (Å²) in [5, 5.41) is 7.14. The summed E-state index contributed by atoms with van der Waals surface area (Å²) in [7, 11) is 4.41. The molecule has 94 valence electrons. The number of hydrogen-bond acceptors (Lipinski definition) is 3. The van der Waals surface area contributed by atoms with Gasteiger partial charge >= 0.3 is 0 Å². The predicted molar refractivity (Wildman–Crippen MR) is 68.7 cm³/mol. The monoisotopic (exact) mass is 225 g/mol. The quantitative estimate of drug-likeness (QED) is 0.748. The maximum Gasteiger partial charge on any atom is 0.0145 e. The Balaban J connectivity index is 1.91. The fraction of sp³-hybridized carbons (Fsp3) is 1.00. The number of nitrogens with zero attached hydrogens (tertiary/aromatic N) is 1. The van der Waals surface area contributed by atoms with E-state index >= 15 is 0 Å². The molecule has 0 aromatic heterocycles. The summed E-state index contributed by atoms with van der Waals surface area (Å²) >= 11 is 0. The average Bonchev–Trinajstić information content (AvgIpc) is 2.31. The molecule has 3 atom stereocenters. The molecule has 0 aromatic rings. The summed E-state index contributed by atoms with van der Waals surface area (Å²) in [6.07, 6.45) is 5.54. The molecule has 0 aromatic carbocycles. The average molecular weight is 225 g/mol. The van der Waals surface area contributed by atoms with Crippen molar-refractivity contribution >= 4 is 0 Å². The zero-order valence-corrected chi connectivity index (χ0v) is 10.8. The highest BCUT2D eigenvalue weighted by molar-refractivity contribution is 4.88. The molecular formula is C13H27N3. The summed E-state index contributed by atoms with van der Waals surface area (Å²) in [5.74, 6) is 1.70. The van der Waals surface area contributed by atoms with E-state index in [1.54, 1.807) is 0 Å². The second-order valence-electron chi connectivity index (χ2n) is 5.59. The highest BCUT2D eigenvalue weighted by atomic mass is 15.1. The van der Waals surface area contributed by atoms with Crippen LogP contribution in [0.2, 0.25) is 0 Å². The minimum absolute atomic E-state index is 0.718. The van der Waals surface area contributed by atoms with E-state index in [-0.39, 0.29) is 0 Å². The Hall–Kier alpha value is -0.120. The Morgan fingerprint density at radius 1 is 1.25 bits per heavy atom. The smallest absolute Gasteiger partial charge is 0.0145 e. The zero-order valence-electron chi connectivity index (χ0n) is 10.8. The van der Waals surface area contributed by atoms with Crippen LogP contribution in [0.3, 0.4) is 0 Å². The van der Waals surface area contributed by atoms with Crippen LogP contribution in [0.5, 0.6) is 0 Å². The molecule has 2 heterocycles. The summed E-state index contributed by atoms with van der Waals surface area (Å²) in [4.78, 5) is 2.49. The van der Waals surface area contributed by atoms with Crippen LogP contribution in [0.1, 0.15) is 25.7 Å². The second-order valence-corrected chi connectivity index (χ2v) is 5.59. The van der Waals surface area contributed by atoms with Crippen molar-refractivity contribution in [2.75, 3.05) is 40.3 Å². The van der Waals surface area contributed by atoms with Gasteiger partial charge in [-0.25, -0.2) is 0 Å². The van der Waals surface area contributed by atoms with Crippen LogP contribution in [0.4, 0.5) is 0 Å². The van der Waals surface area contributed by atoms with Crippen molar-refractivity contribution in [1.82, 2.24) is 15.5 Å². The lowest BCUT2D eigenvalue weighted by Crippen LogP contribution is -2.50. The van der Waals surface area contributed by atoms with Crippen molar-refractivity contribution in [2.24, 2.45) is 11.8 Å². The Morgan fingerprint density at radius 2 is 2.06 bits per heavy atom. The molecular weight excluding hydrogens is 198 g/mol. The second kappa shape index (κ2) is 5.99. The predicted octanol–water partition coefficient (Wildman–Crippen LogP) is 0.916. The van der Waals surface area contributed by atoms with Crippen molar-refractivity contribution in [3.8, 4) is 0 Å². The summed E-state index contributed by atoms with van der Waals surface area (Å²) < 4.78 is 0. The maximum absolute atomic E-state index is 3.60. The third kappa shape index (κ3) is 2.96. The van der Waals surface area contributed by atoms with Crippen LogP contribution in [-0.2, 0) is 0 Å². The van der Waals surface area contributed by atoms with Gasteiger partial charge in [0.15, 0.2) is 0 Å². The molecule has 2 fully saturated rings. The van der Waals surface area contributed by atoms with Crippen molar-refractivity contribution in [3.05, 3.63) is 0 Å². The van der Waals surface area contributed by atoms with E-state index in [0.29, 0.717) is 0 Å². The van der Waals surface area contributed by atoms with Gasteiger partial charge in [0.2, 0.25) is 0 Å². The fourth-order valence-electron chi connectivity index (χ4n) is 3.54. The topological polar surface area (TPSA) is 27.3 Å². The lowest BCUT2D eigenvalue weighted by Gasteiger charge is -2.40. The normalized spacial score (nSPS) is 34.9. The molecule has 2 rings (SSSR count). The molecule has 0 saturated carbocycles. The van der Waals surface area contributed by atoms with E-state index in [9.17, 15) is 0 Å². The first-order chi connectivity index (χ1) is 7.81. The highest BCUT2D eigenvalue weighted by Crippen LogP contribution is 2.26. The standard InChI is InChI=1S/C13H27N3/c1-14-13(11-5-3-7-15-9-11)12-6-4-8-16(2)10-12/h11-15H,3-10H2,1-2H3. The maximum atomic E-state index is 3.60. The van der Waals surface area contributed by atoms with Crippen LogP contribution in [0, 0.1) is 11.8 Å². The van der Waals surface area contributed by atoms with Gasteiger partial charge in [0.25, 0.3) is 0 Å². The number of hydrogen-bond donors (Lipinski definition) is 2. The first-order valence-corrected chi connectivity index (χ1v) is 6.88. The first kappa shape index (κ1) is 12.3. The minimum Gasteiger partial charge on any atom is -0.316 e. The van der Waals surface area contributed by atoms with E-state index in [2.05, 4.69) is 29.6 Å². The van der Waals surface area contributed by atoms with Crippen LogP contribution in [0.25, 0.3) is 0 Å². The molecule has 3 unspecified atom stereocenters. The minimum atomic E-state index is 0.718. The van der Waals surface area contributed by atoms with Crippen molar-refractivity contribution in [2.45, 2.75) is 31.7 Å².